The van der Waals surface area contributed by atoms with Crippen LogP contribution in [0.4, 0.5) is 4.79 Å². The number of ether oxygens (including phenoxy) is 2. The molecule has 2 fully saturated rings. The van der Waals surface area contributed by atoms with Crippen LogP contribution in [0.25, 0.3) is 0 Å². The number of nitrogens with one attached hydrogen (secondary N) is 1. The second-order valence-electron chi connectivity index (χ2n) is 7.16. The number of likely N-dealkylation sites (tertiary alicyclic amines) is 1. The molecule has 1 N–H and O–H groups in total. The summed E-state index contributed by atoms with van der Waals surface area (Å²) in [7, 11) is -2.68. The summed E-state index contributed by atoms with van der Waals surface area (Å²) in [5.74, 6) is 0. The first-order valence-electron chi connectivity index (χ1n) is 7.35. The van der Waals surface area contributed by atoms with Gasteiger partial charge >= 0.3 is 6.09 Å². The summed E-state index contributed by atoms with van der Waals surface area (Å²) in [5, 5.41) is -0.289. The highest BCUT2D eigenvalue weighted by molar-refractivity contribution is 7.92. The lowest BCUT2D eigenvalue weighted by molar-refractivity contribution is -0.0290. The SMILES string of the molecule is CC(C)(C)OC(=O)N1CC(S(C)(=N)=O)CC12CCOCC2. The van der Waals surface area contributed by atoms with E-state index in [1.807, 2.05) is 20.8 Å². The monoisotopic (exact) mass is 318 g/mol. The van der Waals surface area contributed by atoms with Crippen LogP contribution in [0.5, 0.6) is 0 Å². The average Bonchev–Trinajstić information content (AvgIpc) is 2.67. The van der Waals surface area contributed by atoms with Crippen LogP contribution >= 0.6 is 0 Å². The van der Waals surface area contributed by atoms with E-state index in [1.165, 1.54) is 6.26 Å². The van der Waals surface area contributed by atoms with E-state index < -0.39 is 15.3 Å². The number of carbonyl (C=O) groups is 1. The molecule has 1 amide bonds. The van der Waals surface area contributed by atoms with Gasteiger partial charge in [-0.25, -0.2) is 9.00 Å². The summed E-state index contributed by atoms with van der Waals surface area (Å²) in [6.07, 6.45) is 3.14. The molecule has 21 heavy (non-hydrogen) atoms. The van der Waals surface area contributed by atoms with Crippen molar-refractivity contribution in [3.63, 3.8) is 0 Å². The second kappa shape index (κ2) is 5.43. The molecule has 2 atom stereocenters. The maximum absolute atomic E-state index is 12.5. The first-order chi connectivity index (χ1) is 9.54. The van der Waals surface area contributed by atoms with Crippen LogP contribution in [0.1, 0.15) is 40.0 Å². The van der Waals surface area contributed by atoms with Crippen LogP contribution < -0.4 is 0 Å². The van der Waals surface area contributed by atoms with Gasteiger partial charge < -0.3 is 14.4 Å². The highest BCUT2D eigenvalue weighted by atomic mass is 32.2. The molecule has 0 aliphatic carbocycles. The minimum atomic E-state index is -2.68. The molecule has 2 aliphatic heterocycles. The molecule has 0 radical (unpaired) electrons. The van der Waals surface area contributed by atoms with Crippen LogP contribution in [-0.2, 0) is 19.2 Å². The second-order valence-corrected chi connectivity index (χ2v) is 9.63. The fraction of sp³-hybridized carbons (Fsp3) is 0.929. The van der Waals surface area contributed by atoms with Crippen molar-refractivity contribution in [1.82, 2.24) is 4.90 Å². The third kappa shape index (κ3) is 3.69. The predicted molar refractivity (Wildman–Crippen MR) is 80.9 cm³/mol. The van der Waals surface area contributed by atoms with Crippen LogP contribution in [0.15, 0.2) is 0 Å². The molecule has 7 heteroatoms. The van der Waals surface area contributed by atoms with Gasteiger partial charge in [0.15, 0.2) is 0 Å². The highest BCUT2D eigenvalue weighted by Crippen LogP contribution is 2.41. The Labute approximate surface area is 127 Å². The lowest BCUT2D eigenvalue weighted by Gasteiger charge is -2.41. The van der Waals surface area contributed by atoms with Gasteiger partial charge in [0.05, 0.1) is 10.8 Å². The molecule has 0 bridgehead atoms. The van der Waals surface area contributed by atoms with Crippen LogP contribution in [0, 0.1) is 4.78 Å². The quantitative estimate of drug-likeness (QED) is 0.804. The molecule has 2 rings (SSSR count). The standard InChI is InChI=1S/C14H26N2O4S/c1-13(2,3)20-12(17)16-10-11(21(4,15)18)9-14(16)5-7-19-8-6-14/h11,15H,5-10H2,1-4H3. The Kier molecular flexibility index (Phi) is 4.28. The Balaban J connectivity index is 2.25. The van der Waals surface area contributed by atoms with Crippen molar-refractivity contribution in [3.8, 4) is 0 Å². The summed E-state index contributed by atoms with van der Waals surface area (Å²) in [6, 6.07) is 0. The number of hydrogen-bond donors (Lipinski definition) is 1. The molecule has 0 aromatic rings. The number of rotatable bonds is 1. The summed E-state index contributed by atoms with van der Waals surface area (Å²) < 4.78 is 30.9. The molecule has 0 saturated carbocycles. The average molecular weight is 318 g/mol. The zero-order valence-corrected chi connectivity index (χ0v) is 14.1. The Bertz CT molecular complexity index is 504. The Morgan fingerprint density at radius 3 is 2.43 bits per heavy atom. The van der Waals surface area contributed by atoms with E-state index in [4.69, 9.17) is 14.3 Å². The molecular weight excluding hydrogens is 292 g/mol. The number of amides is 1. The normalized spacial score (nSPS) is 28.4. The van der Waals surface area contributed by atoms with Gasteiger partial charge in [-0.2, -0.15) is 0 Å². The summed E-state index contributed by atoms with van der Waals surface area (Å²) in [6.45, 7) is 7.03. The molecule has 6 nitrogen and oxygen atoms in total. The maximum atomic E-state index is 12.5. The van der Waals surface area contributed by atoms with Crippen molar-refractivity contribution < 1.29 is 18.5 Å². The summed E-state index contributed by atoms with van der Waals surface area (Å²) in [5.41, 5.74) is -0.916. The number of hydrogen-bond acceptors (Lipinski definition) is 5. The van der Waals surface area contributed by atoms with E-state index in [0.29, 0.717) is 26.2 Å². The van der Waals surface area contributed by atoms with E-state index in [-0.39, 0.29) is 16.9 Å². The van der Waals surface area contributed by atoms with Gasteiger partial charge in [-0.3, -0.25) is 4.78 Å². The van der Waals surface area contributed by atoms with E-state index in [2.05, 4.69) is 0 Å². The molecule has 2 aliphatic rings. The van der Waals surface area contributed by atoms with Crippen molar-refractivity contribution >= 4 is 15.8 Å². The first kappa shape index (κ1) is 16.5. The first-order valence-corrected chi connectivity index (χ1v) is 9.37. The van der Waals surface area contributed by atoms with E-state index in [9.17, 15) is 9.00 Å². The largest absolute Gasteiger partial charge is 0.444 e. The van der Waals surface area contributed by atoms with Gasteiger partial charge in [-0.05, 0) is 40.0 Å². The molecule has 0 aromatic carbocycles. The van der Waals surface area contributed by atoms with Gasteiger partial charge in [0, 0.05) is 35.7 Å². The summed E-state index contributed by atoms with van der Waals surface area (Å²) >= 11 is 0. The van der Waals surface area contributed by atoms with Crippen LogP contribution in [0.2, 0.25) is 0 Å². The lowest BCUT2D eigenvalue weighted by Crippen LogP contribution is -2.52. The Hall–Kier alpha value is -0.820. The smallest absolute Gasteiger partial charge is 0.410 e. The van der Waals surface area contributed by atoms with Gasteiger partial charge in [-0.1, -0.05) is 0 Å². The molecule has 2 saturated heterocycles. The van der Waals surface area contributed by atoms with E-state index in [0.717, 1.165) is 12.8 Å². The molecule has 0 aromatic heterocycles. The Morgan fingerprint density at radius 1 is 1.38 bits per heavy atom. The zero-order valence-electron chi connectivity index (χ0n) is 13.3. The van der Waals surface area contributed by atoms with E-state index in [1.54, 1.807) is 4.90 Å². The van der Waals surface area contributed by atoms with Crippen molar-refractivity contribution in [2.24, 2.45) is 0 Å². The number of carbonyl (C=O) groups excluding carboxylic acids is 1. The van der Waals surface area contributed by atoms with Crippen molar-refractivity contribution in [1.29, 1.82) is 4.78 Å². The molecule has 122 valence electrons. The van der Waals surface area contributed by atoms with Gasteiger partial charge in [-0.15, -0.1) is 0 Å². The Morgan fingerprint density at radius 2 is 1.95 bits per heavy atom. The van der Waals surface area contributed by atoms with Crippen molar-refractivity contribution in [2.45, 2.75) is 56.4 Å². The lowest BCUT2D eigenvalue weighted by atomic mass is 9.87. The minimum absolute atomic E-state index is 0.289. The number of nitrogens with zero attached hydrogens (tertiary/aromatic N) is 1. The summed E-state index contributed by atoms with van der Waals surface area (Å²) in [4.78, 5) is 14.2. The maximum Gasteiger partial charge on any atom is 0.410 e. The molecular formula is C14H26N2O4S. The van der Waals surface area contributed by atoms with Crippen LogP contribution in [0.3, 0.4) is 0 Å². The third-order valence-corrected chi connectivity index (χ3v) is 5.83. The zero-order chi connectivity index (χ0) is 15.9. The van der Waals surface area contributed by atoms with Gasteiger partial charge in [0.25, 0.3) is 0 Å². The fourth-order valence-corrected chi connectivity index (χ4v) is 4.17. The topological polar surface area (TPSA) is 79.7 Å². The molecule has 2 heterocycles. The fourth-order valence-electron chi connectivity index (χ4n) is 3.11. The predicted octanol–water partition coefficient (Wildman–Crippen LogP) is 2.22. The molecule has 2 unspecified atom stereocenters. The van der Waals surface area contributed by atoms with Crippen LogP contribution in [-0.4, -0.2) is 57.6 Å². The van der Waals surface area contributed by atoms with Crippen molar-refractivity contribution in [3.05, 3.63) is 0 Å². The van der Waals surface area contributed by atoms with Crippen molar-refractivity contribution in [2.75, 3.05) is 26.0 Å². The minimum Gasteiger partial charge on any atom is -0.444 e. The molecule has 1 spiro atoms. The highest BCUT2D eigenvalue weighted by Gasteiger charge is 2.51. The van der Waals surface area contributed by atoms with E-state index >= 15 is 0 Å². The van der Waals surface area contributed by atoms with Gasteiger partial charge in [0.2, 0.25) is 0 Å². The third-order valence-electron chi connectivity index (χ3n) is 4.24. The van der Waals surface area contributed by atoms with Gasteiger partial charge in [0.1, 0.15) is 5.60 Å².